The van der Waals surface area contributed by atoms with Crippen LogP contribution in [0, 0.1) is 5.92 Å². The molecule has 1 aromatic heterocycles. The number of aliphatic hydroxyl groups excluding tert-OH is 1. The summed E-state index contributed by atoms with van der Waals surface area (Å²) in [5.74, 6) is 1.07. The third kappa shape index (κ3) is 5.14. The highest BCUT2D eigenvalue weighted by molar-refractivity contribution is 5.14. The number of nitrogens with one attached hydrogen (secondary N) is 1. The number of hydrogen-bond acceptors (Lipinski definition) is 6. The van der Waals surface area contributed by atoms with Crippen molar-refractivity contribution >= 4 is 0 Å². The van der Waals surface area contributed by atoms with Crippen LogP contribution >= 0.6 is 0 Å². The number of aliphatic hydroxyl groups is 1. The maximum atomic E-state index is 10.1. The Morgan fingerprint density at radius 2 is 2.21 bits per heavy atom. The Hall–Kier alpha value is -1.73. The Bertz CT molecular complexity index is 596. The summed E-state index contributed by atoms with van der Waals surface area (Å²) in [6, 6.07) is 11.9. The predicted molar refractivity (Wildman–Crippen MR) is 88.2 cm³/mol. The van der Waals surface area contributed by atoms with Crippen molar-refractivity contribution in [2.75, 3.05) is 26.4 Å². The molecule has 0 amide bonds. The normalized spacial score (nSPS) is 18.8. The lowest BCUT2D eigenvalue weighted by Gasteiger charge is -2.12. The summed E-state index contributed by atoms with van der Waals surface area (Å²) in [6.07, 6.45) is 1.06. The summed E-state index contributed by atoms with van der Waals surface area (Å²) < 4.78 is 16.1. The smallest absolute Gasteiger partial charge is 0.162 e. The van der Waals surface area contributed by atoms with E-state index in [-0.39, 0.29) is 0 Å². The molecule has 2 unspecified atom stereocenters. The fourth-order valence-electron chi connectivity index (χ4n) is 2.66. The molecule has 1 aliphatic heterocycles. The van der Waals surface area contributed by atoms with Gasteiger partial charge in [-0.05, 0) is 24.3 Å². The Labute approximate surface area is 141 Å². The van der Waals surface area contributed by atoms with E-state index in [1.165, 1.54) is 5.56 Å². The number of rotatable bonds is 9. The Morgan fingerprint density at radius 3 is 3.00 bits per heavy atom. The molecule has 2 heterocycles. The van der Waals surface area contributed by atoms with Gasteiger partial charge in [0, 0.05) is 19.2 Å². The van der Waals surface area contributed by atoms with Crippen molar-refractivity contribution in [3.05, 3.63) is 53.4 Å². The minimum absolute atomic E-state index is 0.350. The Balaban J connectivity index is 1.36. The third-order valence-corrected chi connectivity index (χ3v) is 4.10. The molecule has 6 heteroatoms. The first-order valence-corrected chi connectivity index (χ1v) is 8.37. The molecule has 0 radical (unpaired) electrons. The van der Waals surface area contributed by atoms with Gasteiger partial charge in [0.1, 0.15) is 12.3 Å². The second kappa shape index (κ2) is 8.94. The SMILES string of the molecule is OC(NCC1CCOC1)c1cc(COCCc2ccccc2)on1. The fourth-order valence-corrected chi connectivity index (χ4v) is 2.66. The average Bonchev–Trinajstić information content (AvgIpc) is 3.29. The van der Waals surface area contributed by atoms with Crippen molar-refractivity contribution in [3.63, 3.8) is 0 Å². The van der Waals surface area contributed by atoms with E-state index in [9.17, 15) is 5.11 Å². The van der Waals surface area contributed by atoms with Crippen LogP contribution in [-0.4, -0.2) is 36.6 Å². The molecular weight excluding hydrogens is 308 g/mol. The Morgan fingerprint density at radius 1 is 1.33 bits per heavy atom. The van der Waals surface area contributed by atoms with Crippen molar-refractivity contribution in [1.29, 1.82) is 0 Å². The van der Waals surface area contributed by atoms with Gasteiger partial charge < -0.3 is 19.1 Å². The van der Waals surface area contributed by atoms with Crippen LogP contribution in [0.5, 0.6) is 0 Å². The first kappa shape index (κ1) is 17.1. The van der Waals surface area contributed by atoms with Gasteiger partial charge in [0.15, 0.2) is 12.0 Å². The molecular formula is C18H24N2O4. The van der Waals surface area contributed by atoms with Crippen LogP contribution < -0.4 is 5.32 Å². The molecule has 2 aromatic rings. The molecule has 130 valence electrons. The summed E-state index contributed by atoms with van der Waals surface area (Å²) in [5, 5.41) is 17.1. The predicted octanol–water partition coefficient (Wildman–Crippen LogP) is 2.05. The molecule has 0 aliphatic carbocycles. The van der Waals surface area contributed by atoms with Gasteiger partial charge in [-0.25, -0.2) is 0 Å². The molecule has 0 bridgehead atoms. The zero-order valence-electron chi connectivity index (χ0n) is 13.7. The largest absolute Gasteiger partial charge is 0.381 e. The summed E-state index contributed by atoms with van der Waals surface area (Å²) >= 11 is 0. The lowest BCUT2D eigenvalue weighted by molar-refractivity contribution is 0.102. The van der Waals surface area contributed by atoms with Crippen LogP contribution in [0.15, 0.2) is 40.9 Å². The molecule has 0 saturated carbocycles. The molecule has 1 saturated heterocycles. The highest BCUT2D eigenvalue weighted by Gasteiger charge is 2.19. The summed E-state index contributed by atoms with van der Waals surface area (Å²) in [4.78, 5) is 0. The quantitative estimate of drug-likeness (QED) is 0.541. The molecule has 1 aliphatic rings. The van der Waals surface area contributed by atoms with Gasteiger partial charge in [-0.3, -0.25) is 5.32 Å². The van der Waals surface area contributed by atoms with Gasteiger partial charge in [0.05, 0.1) is 13.2 Å². The van der Waals surface area contributed by atoms with Crippen LogP contribution in [0.2, 0.25) is 0 Å². The van der Waals surface area contributed by atoms with Crippen molar-refractivity contribution < 1.29 is 19.1 Å². The molecule has 1 aromatic carbocycles. The van der Waals surface area contributed by atoms with Crippen molar-refractivity contribution in [2.24, 2.45) is 5.92 Å². The number of hydrogen-bond donors (Lipinski definition) is 2. The van der Waals surface area contributed by atoms with E-state index >= 15 is 0 Å². The second-order valence-electron chi connectivity index (χ2n) is 6.05. The number of nitrogens with zero attached hydrogens (tertiary/aromatic N) is 1. The maximum absolute atomic E-state index is 10.1. The van der Waals surface area contributed by atoms with Crippen molar-refractivity contribution in [2.45, 2.75) is 25.7 Å². The highest BCUT2D eigenvalue weighted by Crippen LogP contribution is 2.15. The molecule has 2 atom stereocenters. The van der Waals surface area contributed by atoms with E-state index in [1.807, 2.05) is 18.2 Å². The van der Waals surface area contributed by atoms with Crippen molar-refractivity contribution in [3.8, 4) is 0 Å². The van der Waals surface area contributed by atoms with Crippen molar-refractivity contribution in [1.82, 2.24) is 10.5 Å². The standard InChI is InChI=1S/C18H24N2O4/c21-18(19-11-15-7-9-22-12-15)17-10-16(24-20-17)13-23-8-6-14-4-2-1-3-5-14/h1-5,10,15,18-19,21H,6-9,11-13H2. The monoisotopic (exact) mass is 332 g/mol. The third-order valence-electron chi connectivity index (χ3n) is 4.10. The van der Waals surface area contributed by atoms with E-state index in [1.54, 1.807) is 6.07 Å². The zero-order chi connectivity index (χ0) is 16.6. The molecule has 3 rings (SSSR count). The number of aromatic nitrogens is 1. The van der Waals surface area contributed by atoms with Gasteiger partial charge in [0.2, 0.25) is 0 Å². The average molecular weight is 332 g/mol. The number of ether oxygens (including phenoxy) is 2. The topological polar surface area (TPSA) is 76.8 Å². The molecule has 1 fully saturated rings. The Kier molecular flexibility index (Phi) is 6.37. The first-order chi connectivity index (χ1) is 11.8. The van der Waals surface area contributed by atoms with Crippen LogP contribution in [0.3, 0.4) is 0 Å². The molecule has 0 spiro atoms. The zero-order valence-corrected chi connectivity index (χ0v) is 13.7. The van der Waals surface area contributed by atoms with E-state index in [0.717, 1.165) is 26.1 Å². The van der Waals surface area contributed by atoms with Gasteiger partial charge in [-0.1, -0.05) is 35.5 Å². The number of benzene rings is 1. The molecule has 2 N–H and O–H groups in total. The summed E-state index contributed by atoms with van der Waals surface area (Å²) in [5.41, 5.74) is 1.72. The van der Waals surface area contributed by atoms with E-state index < -0.39 is 6.23 Å². The summed E-state index contributed by atoms with van der Waals surface area (Å²) in [6.45, 7) is 3.22. The van der Waals surface area contributed by atoms with Crippen LogP contribution in [0.4, 0.5) is 0 Å². The minimum Gasteiger partial charge on any atom is -0.381 e. The molecule has 24 heavy (non-hydrogen) atoms. The first-order valence-electron chi connectivity index (χ1n) is 8.37. The van der Waals surface area contributed by atoms with Gasteiger partial charge in [-0.15, -0.1) is 0 Å². The lowest BCUT2D eigenvalue weighted by Crippen LogP contribution is -2.27. The molecule has 6 nitrogen and oxygen atoms in total. The van der Waals surface area contributed by atoms with Crippen LogP contribution in [0.25, 0.3) is 0 Å². The van der Waals surface area contributed by atoms with Gasteiger partial charge >= 0.3 is 0 Å². The van der Waals surface area contributed by atoms with Crippen LogP contribution in [0.1, 0.15) is 29.7 Å². The highest BCUT2D eigenvalue weighted by atomic mass is 16.5. The van der Waals surface area contributed by atoms with Gasteiger partial charge in [-0.2, -0.15) is 0 Å². The minimum atomic E-state index is -0.826. The van der Waals surface area contributed by atoms with E-state index in [2.05, 4.69) is 22.6 Å². The summed E-state index contributed by atoms with van der Waals surface area (Å²) in [7, 11) is 0. The maximum Gasteiger partial charge on any atom is 0.162 e. The van der Waals surface area contributed by atoms with E-state index in [4.69, 9.17) is 14.0 Å². The lowest BCUT2D eigenvalue weighted by atomic mass is 10.1. The fraction of sp³-hybridized carbons (Fsp3) is 0.500. The van der Waals surface area contributed by atoms with Crippen LogP contribution in [-0.2, 0) is 22.5 Å². The second-order valence-corrected chi connectivity index (χ2v) is 6.05. The van der Waals surface area contributed by atoms with E-state index in [0.29, 0.717) is 37.1 Å². The van der Waals surface area contributed by atoms with Gasteiger partial charge in [0.25, 0.3) is 0 Å².